The molecular formula is C55H96N14O13. The lowest BCUT2D eigenvalue weighted by Gasteiger charge is -2.30. The lowest BCUT2D eigenvalue weighted by atomic mass is 9.95. The minimum absolute atomic E-state index is 0.0154. The van der Waals surface area contributed by atoms with Crippen molar-refractivity contribution in [3.63, 3.8) is 0 Å². The molecule has 11 unspecified atom stereocenters. The van der Waals surface area contributed by atoms with Gasteiger partial charge in [-0.25, -0.2) is 4.79 Å². The highest BCUT2D eigenvalue weighted by molar-refractivity contribution is 5.98. The monoisotopic (exact) mass is 1160 g/mol. The second-order valence-electron chi connectivity index (χ2n) is 20.8. The number of aliphatic carboxylic acids is 2. The zero-order valence-corrected chi connectivity index (χ0v) is 48.4. The van der Waals surface area contributed by atoms with Crippen molar-refractivity contribution in [1.82, 2.24) is 42.5 Å². The van der Waals surface area contributed by atoms with Crippen LogP contribution < -0.4 is 76.9 Å². The summed E-state index contributed by atoms with van der Waals surface area (Å²) >= 11 is 0. The van der Waals surface area contributed by atoms with Crippen LogP contribution in [0, 0.1) is 11.8 Å². The summed E-state index contributed by atoms with van der Waals surface area (Å²) in [7, 11) is 0. The number of rotatable bonds is 45. The molecule has 27 nitrogen and oxygen atoms in total. The molecule has 0 aliphatic rings. The lowest BCUT2D eigenvalue weighted by molar-refractivity contribution is -0.142. The standard InChI is InChI=1S/C55H96N14O13/c1-5-33(3)45(69-51(77)40(25-27-44(71)72)65-54(80)46(34(4)6-2)68-50(76)39(24-26-43(61)70)62-47(73)36(60)20-10-14-28-56)53(79)64-38(22-12-16-30-58)48(74)63-37(21-11-15-29-57)49(75)67-42(32-35-18-8-7-9-19-35)52(78)66-41(55(81)82)23-13-17-31-59/h7-9,18-19,33-34,36-42,45-46H,5-6,10-17,20-32,56-60H2,1-4H3,(H2,61,70)(H,62,73)(H,63,74)(H,64,79)(H,65,80)(H,66,78)(H,67,75)(H,68,76)(H,69,77)(H,71,72)(H,81,82). The minimum atomic E-state index is -1.60. The summed E-state index contributed by atoms with van der Waals surface area (Å²) in [4.78, 5) is 148. The maximum Gasteiger partial charge on any atom is 0.326 e. The maximum atomic E-state index is 14.5. The number of amides is 9. The summed E-state index contributed by atoms with van der Waals surface area (Å²) in [6.07, 6.45) is 2.95. The highest BCUT2D eigenvalue weighted by atomic mass is 16.4. The zero-order valence-electron chi connectivity index (χ0n) is 48.4. The van der Waals surface area contributed by atoms with Gasteiger partial charge in [-0.15, -0.1) is 0 Å². The van der Waals surface area contributed by atoms with Crippen LogP contribution in [0.4, 0.5) is 0 Å². The first kappa shape index (κ1) is 73.2. The fraction of sp³-hybridized carbons (Fsp3) is 0.691. The van der Waals surface area contributed by atoms with Crippen LogP contribution in [0.3, 0.4) is 0 Å². The van der Waals surface area contributed by atoms with Crippen LogP contribution in [0.25, 0.3) is 0 Å². The van der Waals surface area contributed by atoms with Crippen LogP contribution in [0.2, 0.25) is 0 Å². The highest BCUT2D eigenvalue weighted by Crippen LogP contribution is 2.15. The molecule has 0 saturated heterocycles. The summed E-state index contributed by atoms with van der Waals surface area (Å²) in [6, 6.07) is -3.25. The molecule has 1 aromatic carbocycles. The zero-order chi connectivity index (χ0) is 61.7. The summed E-state index contributed by atoms with van der Waals surface area (Å²) in [5, 5.41) is 40.7. The Morgan fingerprint density at radius 1 is 0.427 bits per heavy atom. The molecule has 0 radical (unpaired) electrons. The van der Waals surface area contributed by atoms with E-state index >= 15 is 0 Å². The van der Waals surface area contributed by atoms with E-state index in [1.54, 1.807) is 58.0 Å². The summed E-state index contributed by atoms with van der Waals surface area (Å²) in [5.74, 6) is -11.2. The second kappa shape index (κ2) is 41.2. The normalized spacial score (nSPS) is 15.2. The smallest absolute Gasteiger partial charge is 0.326 e. The molecule has 22 N–H and O–H groups in total. The molecule has 0 aliphatic carbocycles. The van der Waals surface area contributed by atoms with Gasteiger partial charge in [0.2, 0.25) is 53.2 Å². The van der Waals surface area contributed by atoms with Gasteiger partial charge in [0.25, 0.3) is 0 Å². The van der Waals surface area contributed by atoms with Gasteiger partial charge in [0.05, 0.1) is 6.04 Å². The molecule has 27 heteroatoms. The third-order valence-corrected chi connectivity index (χ3v) is 14.1. The van der Waals surface area contributed by atoms with Gasteiger partial charge < -0.3 is 87.1 Å². The van der Waals surface area contributed by atoms with Gasteiger partial charge in [-0.2, -0.15) is 0 Å². The Hall–Kier alpha value is -6.81. The second-order valence-corrected chi connectivity index (χ2v) is 20.8. The number of carboxylic acids is 2. The molecule has 0 fully saturated rings. The average Bonchev–Trinajstić information content (AvgIpc) is 3.53. The highest BCUT2D eigenvalue weighted by Gasteiger charge is 2.37. The van der Waals surface area contributed by atoms with Gasteiger partial charge in [0, 0.05) is 19.3 Å². The van der Waals surface area contributed by atoms with Crippen molar-refractivity contribution in [2.24, 2.45) is 46.2 Å². The van der Waals surface area contributed by atoms with Gasteiger partial charge in [0.15, 0.2) is 0 Å². The van der Waals surface area contributed by atoms with Crippen molar-refractivity contribution < 1.29 is 63.0 Å². The fourth-order valence-electron chi connectivity index (χ4n) is 8.59. The molecule has 0 spiro atoms. The van der Waals surface area contributed by atoms with E-state index in [9.17, 15) is 63.0 Å². The molecule has 464 valence electrons. The Morgan fingerprint density at radius 3 is 1.17 bits per heavy atom. The number of hydrogen-bond donors (Lipinski definition) is 16. The number of carboxylic acid groups (broad SMARTS) is 2. The van der Waals surface area contributed by atoms with Crippen LogP contribution in [0.5, 0.6) is 0 Å². The topological polar surface area (TPSA) is 481 Å². The molecule has 0 heterocycles. The van der Waals surface area contributed by atoms with Crippen LogP contribution in [-0.2, 0) is 59.2 Å². The predicted octanol–water partition coefficient (Wildman–Crippen LogP) is -1.74. The van der Waals surface area contributed by atoms with Crippen molar-refractivity contribution in [3.05, 3.63) is 35.9 Å². The first-order valence-corrected chi connectivity index (χ1v) is 28.7. The average molecular weight is 1160 g/mol. The first-order chi connectivity index (χ1) is 39.0. The van der Waals surface area contributed by atoms with Crippen molar-refractivity contribution in [1.29, 1.82) is 0 Å². The number of nitrogens with one attached hydrogen (secondary N) is 8. The van der Waals surface area contributed by atoms with E-state index in [0.29, 0.717) is 82.9 Å². The number of primary amides is 1. The van der Waals surface area contributed by atoms with E-state index in [0.717, 1.165) is 0 Å². The number of hydrogen-bond acceptors (Lipinski definition) is 16. The first-order valence-electron chi connectivity index (χ1n) is 28.7. The number of carbonyl (C=O) groups is 11. The Kier molecular flexibility index (Phi) is 36.8. The summed E-state index contributed by atoms with van der Waals surface area (Å²) in [6.45, 7) is 7.94. The van der Waals surface area contributed by atoms with E-state index in [-0.39, 0.29) is 58.0 Å². The summed E-state index contributed by atoms with van der Waals surface area (Å²) in [5.41, 5.74) is 34.8. The molecule has 82 heavy (non-hydrogen) atoms. The maximum absolute atomic E-state index is 14.5. The third-order valence-electron chi connectivity index (χ3n) is 14.1. The van der Waals surface area contributed by atoms with Gasteiger partial charge in [-0.3, -0.25) is 47.9 Å². The van der Waals surface area contributed by atoms with Gasteiger partial charge in [-0.05, 0) is 127 Å². The molecule has 11 atom stereocenters. The molecular weight excluding hydrogens is 1060 g/mol. The van der Waals surface area contributed by atoms with Gasteiger partial charge in [-0.1, -0.05) is 77.3 Å². The Labute approximate surface area is 481 Å². The van der Waals surface area contributed by atoms with E-state index in [4.69, 9.17) is 34.4 Å². The Balaban J connectivity index is 3.61. The number of unbranched alkanes of at least 4 members (excludes halogenated alkanes) is 4. The Morgan fingerprint density at radius 2 is 0.768 bits per heavy atom. The molecule has 0 bridgehead atoms. The van der Waals surface area contributed by atoms with Crippen molar-refractivity contribution >= 4 is 65.1 Å². The number of benzene rings is 1. The third kappa shape index (κ3) is 28.7. The molecule has 1 rings (SSSR count). The van der Waals surface area contributed by atoms with Crippen LogP contribution >= 0.6 is 0 Å². The molecule has 0 aliphatic heterocycles. The van der Waals surface area contributed by atoms with Crippen molar-refractivity contribution in [2.75, 3.05) is 26.2 Å². The molecule has 9 amide bonds. The van der Waals surface area contributed by atoms with Crippen molar-refractivity contribution in [2.45, 2.75) is 204 Å². The van der Waals surface area contributed by atoms with E-state index in [1.165, 1.54) is 0 Å². The largest absolute Gasteiger partial charge is 0.481 e. The number of nitrogens with two attached hydrogens (primary N) is 6. The van der Waals surface area contributed by atoms with Gasteiger partial charge in [0.1, 0.15) is 48.3 Å². The van der Waals surface area contributed by atoms with Crippen LogP contribution in [0.15, 0.2) is 30.3 Å². The minimum Gasteiger partial charge on any atom is -0.481 e. The quantitative estimate of drug-likeness (QED) is 0.0322. The van der Waals surface area contributed by atoms with Crippen molar-refractivity contribution in [3.8, 4) is 0 Å². The van der Waals surface area contributed by atoms with Gasteiger partial charge >= 0.3 is 11.9 Å². The Bertz CT molecular complexity index is 2180. The van der Waals surface area contributed by atoms with E-state index in [1.807, 2.05) is 0 Å². The fourth-order valence-corrected chi connectivity index (χ4v) is 8.59. The predicted molar refractivity (Wildman–Crippen MR) is 307 cm³/mol. The lowest BCUT2D eigenvalue weighted by Crippen LogP contribution is -2.62. The van der Waals surface area contributed by atoms with E-state index in [2.05, 4.69) is 42.5 Å². The van der Waals surface area contributed by atoms with E-state index < -0.39 is 144 Å². The SMILES string of the molecule is CCC(C)C(NC(=O)C(CCC(=O)O)NC(=O)C(NC(=O)C(CCC(N)=O)NC(=O)C(N)CCCCN)C(C)CC)C(=O)NC(CCCCN)C(=O)NC(CCCCN)C(=O)NC(Cc1ccccc1)C(=O)NC(CCCCN)C(=O)O. The molecule has 1 aromatic rings. The van der Waals surface area contributed by atoms with Crippen LogP contribution in [-0.4, -0.2) is 156 Å². The number of carbonyl (C=O) groups excluding carboxylic acids is 9. The van der Waals surface area contributed by atoms with Crippen LogP contribution in [0.1, 0.15) is 149 Å². The molecule has 0 aromatic heterocycles. The molecule has 0 saturated carbocycles. The summed E-state index contributed by atoms with van der Waals surface area (Å²) < 4.78 is 0.